The molecule has 26 heavy (non-hydrogen) atoms. The molecule has 2 aromatic carbocycles. The van der Waals surface area contributed by atoms with Crippen molar-refractivity contribution < 1.29 is 9.72 Å². The topological polar surface area (TPSA) is 99.3 Å². The van der Waals surface area contributed by atoms with Gasteiger partial charge in [-0.3, -0.25) is 14.9 Å². The van der Waals surface area contributed by atoms with Crippen LogP contribution in [0.25, 0.3) is 0 Å². The highest BCUT2D eigenvalue weighted by atomic mass is 35.5. The van der Waals surface area contributed by atoms with Crippen LogP contribution in [0.3, 0.4) is 0 Å². The van der Waals surface area contributed by atoms with Crippen molar-refractivity contribution in [2.24, 2.45) is 0 Å². The lowest BCUT2D eigenvalue weighted by Crippen LogP contribution is -2.18. The monoisotopic (exact) mass is 370 g/mol. The summed E-state index contributed by atoms with van der Waals surface area (Å²) in [7, 11) is 1.73. The minimum Gasteiger partial charge on any atom is -0.375 e. The lowest BCUT2D eigenvalue weighted by atomic mass is 10.2. The summed E-state index contributed by atoms with van der Waals surface area (Å²) in [5.41, 5.74) is 0.725. The van der Waals surface area contributed by atoms with E-state index in [1.54, 1.807) is 11.9 Å². The van der Waals surface area contributed by atoms with Crippen LogP contribution in [-0.2, 0) is 11.3 Å². The number of nitro groups is 1. The van der Waals surface area contributed by atoms with Crippen molar-refractivity contribution in [3.63, 3.8) is 0 Å². The summed E-state index contributed by atoms with van der Waals surface area (Å²) < 4.78 is 0. The van der Waals surface area contributed by atoms with Gasteiger partial charge in [0.15, 0.2) is 0 Å². The highest BCUT2D eigenvalue weighted by Gasteiger charge is 2.15. The van der Waals surface area contributed by atoms with Crippen LogP contribution in [0.2, 0.25) is 5.02 Å². The third-order valence-corrected chi connectivity index (χ3v) is 3.73. The van der Waals surface area contributed by atoms with E-state index in [-0.39, 0.29) is 22.0 Å². The number of anilines is 1. The maximum atomic E-state index is 12.3. The van der Waals surface area contributed by atoms with Gasteiger partial charge in [-0.05, 0) is 11.6 Å². The fourth-order valence-electron chi connectivity index (χ4n) is 2.19. The molecule has 0 atom stereocenters. The molecule has 2 rings (SSSR count). The second-order valence-corrected chi connectivity index (χ2v) is 5.84. The molecule has 132 valence electrons. The number of nitriles is 1. The first-order valence-corrected chi connectivity index (χ1v) is 7.90. The van der Waals surface area contributed by atoms with Gasteiger partial charge in [-0.1, -0.05) is 41.9 Å². The summed E-state index contributed by atoms with van der Waals surface area (Å²) in [4.78, 5) is 24.2. The van der Waals surface area contributed by atoms with Crippen molar-refractivity contribution in [2.45, 2.75) is 6.54 Å². The van der Waals surface area contributed by atoms with Crippen LogP contribution in [-0.4, -0.2) is 22.8 Å². The van der Waals surface area contributed by atoms with Crippen molar-refractivity contribution in [1.82, 2.24) is 4.90 Å². The van der Waals surface area contributed by atoms with Gasteiger partial charge in [-0.15, -0.1) is 0 Å². The number of halogens is 1. The highest BCUT2D eigenvalue weighted by molar-refractivity contribution is 6.34. The van der Waals surface area contributed by atoms with Crippen LogP contribution < -0.4 is 5.32 Å². The molecule has 0 aliphatic heterocycles. The first-order chi connectivity index (χ1) is 12.4. The van der Waals surface area contributed by atoms with E-state index in [2.05, 4.69) is 5.32 Å². The lowest BCUT2D eigenvalue weighted by molar-refractivity contribution is -0.384. The van der Waals surface area contributed by atoms with Crippen LogP contribution >= 0.6 is 11.6 Å². The van der Waals surface area contributed by atoms with Crippen molar-refractivity contribution >= 4 is 28.9 Å². The van der Waals surface area contributed by atoms with Gasteiger partial charge in [0, 0.05) is 31.9 Å². The zero-order chi connectivity index (χ0) is 19.1. The number of hydrogen-bond donors (Lipinski definition) is 1. The van der Waals surface area contributed by atoms with Crippen molar-refractivity contribution in [3.05, 3.63) is 81.0 Å². The summed E-state index contributed by atoms with van der Waals surface area (Å²) in [6, 6.07) is 15.1. The summed E-state index contributed by atoms with van der Waals surface area (Å²) in [6.07, 6.45) is 1.41. The summed E-state index contributed by atoms with van der Waals surface area (Å²) in [5.74, 6) is -0.699. The maximum Gasteiger partial charge on any atom is 0.271 e. The first-order valence-electron chi connectivity index (χ1n) is 7.52. The van der Waals surface area contributed by atoms with Gasteiger partial charge in [0.1, 0.15) is 11.6 Å². The second-order valence-electron chi connectivity index (χ2n) is 5.43. The fourth-order valence-corrected chi connectivity index (χ4v) is 2.35. The average molecular weight is 371 g/mol. The largest absolute Gasteiger partial charge is 0.375 e. The third kappa shape index (κ3) is 5.06. The summed E-state index contributed by atoms with van der Waals surface area (Å²) >= 11 is 5.96. The molecule has 0 unspecified atom stereocenters. The van der Waals surface area contributed by atoms with Crippen molar-refractivity contribution in [2.75, 3.05) is 12.4 Å². The highest BCUT2D eigenvalue weighted by Crippen LogP contribution is 2.27. The molecule has 0 bridgehead atoms. The number of nitrogens with one attached hydrogen (secondary N) is 1. The number of benzene rings is 2. The Hall–Kier alpha value is -3.37. The number of nitrogens with zero attached hydrogens (tertiary/aromatic N) is 3. The van der Waals surface area contributed by atoms with Crippen LogP contribution in [0.15, 0.2) is 60.3 Å². The number of carbonyl (C=O) groups excluding carboxylic acids is 1. The van der Waals surface area contributed by atoms with Gasteiger partial charge in [-0.25, -0.2) is 0 Å². The molecule has 0 saturated carbocycles. The molecule has 0 aliphatic rings. The summed E-state index contributed by atoms with van der Waals surface area (Å²) in [6.45, 7) is 0.511. The van der Waals surface area contributed by atoms with Crippen LogP contribution in [0.4, 0.5) is 11.4 Å². The number of non-ortho nitro benzene ring substituents is 1. The van der Waals surface area contributed by atoms with E-state index >= 15 is 0 Å². The minimum atomic E-state index is -0.699. The molecule has 8 heteroatoms. The van der Waals surface area contributed by atoms with E-state index in [1.165, 1.54) is 18.3 Å². The smallest absolute Gasteiger partial charge is 0.271 e. The minimum absolute atomic E-state index is 0.0673. The van der Waals surface area contributed by atoms with Crippen LogP contribution in [0.1, 0.15) is 5.56 Å². The lowest BCUT2D eigenvalue weighted by Gasteiger charge is -2.15. The molecule has 0 aliphatic carbocycles. The van der Waals surface area contributed by atoms with Gasteiger partial charge in [0.05, 0.1) is 15.6 Å². The number of nitro benzene ring substituents is 1. The Morgan fingerprint density at radius 2 is 2.04 bits per heavy atom. The molecular weight excluding hydrogens is 356 g/mol. The number of carbonyl (C=O) groups is 1. The zero-order valence-electron chi connectivity index (χ0n) is 13.8. The van der Waals surface area contributed by atoms with E-state index in [1.807, 2.05) is 36.4 Å². The molecule has 0 radical (unpaired) electrons. The first kappa shape index (κ1) is 19.0. The molecule has 1 N–H and O–H groups in total. The predicted octanol–water partition coefficient (Wildman–Crippen LogP) is 3.73. The maximum absolute atomic E-state index is 12.3. The van der Waals surface area contributed by atoms with E-state index in [9.17, 15) is 20.2 Å². The van der Waals surface area contributed by atoms with Crippen molar-refractivity contribution in [3.8, 4) is 6.07 Å². The Morgan fingerprint density at radius 1 is 1.35 bits per heavy atom. The molecule has 7 nitrogen and oxygen atoms in total. The molecule has 0 aromatic heterocycles. The Kier molecular flexibility index (Phi) is 6.31. The Balaban J connectivity index is 2.15. The van der Waals surface area contributed by atoms with Gasteiger partial charge < -0.3 is 10.2 Å². The molecule has 0 saturated heterocycles. The van der Waals surface area contributed by atoms with Crippen LogP contribution in [0.5, 0.6) is 0 Å². The van der Waals surface area contributed by atoms with Gasteiger partial charge in [-0.2, -0.15) is 5.26 Å². The van der Waals surface area contributed by atoms with Crippen molar-refractivity contribution in [1.29, 1.82) is 5.26 Å². The van der Waals surface area contributed by atoms with E-state index in [4.69, 9.17) is 11.6 Å². The Labute approximate surface area is 155 Å². The van der Waals surface area contributed by atoms with E-state index in [0.717, 1.165) is 11.6 Å². The molecule has 0 fully saturated rings. The van der Waals surface area contributed by atoms with Gasteiger partial charge in [0.25, 0.3) is 11.6 Å². The molecule has 2 aromatic rings. The average Bonchev–Trinajstić information content (AvgIpc) is 2.62. The Bertz CT molecular complexity index is 891. The molecule has 0 heterocycles. The van der Waals surface area contributed by atoms with E-state index < -0.39 is 10.8 Å². The quantitative estimate of drug-likeness (QED) is 0.361. The standard InChI is InChI=1S/C18H15ClN4O3/c1-22(11-13-5-3-2-4-6-13)12-14(10-20)18(24)21-17-9-15(23(25)26)7-8-16(17)19/h2-9,12H,11H2,1H3,(H,21,24)/b14-12-. The molecule has 1 amide bonds. The normalized spacial score (nSPS) is 10.7. The number of rotatable bonds is 6. The predicted molar refractivity (Wildman–Crippen MR) is 98.3 cm³/mol. The van der Waals surface area contributed by atoms with E-state index in [0.29, 0.717) is 6.54 Å². The van der Waals surface area contributed by atoms with Gasteiger partial charge in [0.2, 0.25) is 0 Å². The van der Waals surface area contributed by atoms with Gasteiger partial charge >= 0.3 is 0 Å². The zero-order valence-corrected chi connectivity index (χ0v) is 14.6. The third-order valence-electron chi connectivity index (χ3n) is 3.40. The number of hydrogen-bond acceptors (Lipinski definition) is 5. The summed E-state index contributed by atoms with van der Waals surface area (Å²) in [5, 5.41) is 22.7. The second kappa shape index (κ2) is 8.65. The fraction of sp³-hybridized carbons (Fsp3) is 0.111. The number of amides is 1. The van der Waals surface area contributed by atoms with Crippen LogP contribution in [0, 0.1) is 21.4 Å². The molecular formula is C18H15ClN4O3. The SMILES string of the molecule is CN(/C=C(/C#N)C(=O)Nc1cc([N+](=O)[O-])ccc1Cl)Cc1ccccc1. The Morgan fingerprint density at radius 3 is 2.65 bits per heavy atom. The molecule has 0 spiro atoms.